The van der Waals surface area contributed by atoms with Crippen molar-refractivity contribution in [3.05, 3.63) is 94.9 Å². The number of pyridine rings is 3. The Balaban J connectivity index is 1.57. The van der Waals surface area contributed by atoms with Gasteiger partial charge in [-0.25, -0.2) is 9.37 Å². The van der Waals surface area contributed by atoms with E-state index in [1.165, 1.54) is 12.4 Å². The highest BCUT2D eigenvalue weighted by Crippen LogP contribution is 2.37. The maximum atomic E-state index is 13.8. The molecule has 0 saturated carbocycles. The number of hydrogen-bond donors (Lipinski definition) is 4. The van der Waals surface area contributed by atoms with Gasteiger partial charge in [-0.05, 0) is 30.7 Å². The zero-order chi connectivity index (χ0) is 29.3. The van der Waals surface area contributed by atoms with Crippen LogP contribution in [0.2, 0.25) is 5.02 Å². The lowest BCUT2D eigenvalue weighted by Crippen LogP contribution is -2.48. The summed E-state index contributed by atoms with van der Waals surface area (Å²) in [5.41, 5.74) is 7.32. The van der Waals surface area contributed by atoms with Crippen molar-refractivity contribution in [3.63, 3.8) is 0 Å². The molecule has 2 atom stereocenters. The van der Waals surface area contributed by atoms with E-state index in [1.54, 1.807) is 36.7 Å². The molecule has 210 valence electrons. The third-order valence-electron chi connectivity index (χ3n) is 6.25. The van der Waals surface area contributed by atoms with Crippen molar-refractivity contribution >= 4 is 39.6 Å². The lowest BCUT2D eigenvalue weighted by molar-refractivity contribution is -0.178. The summed E-state index contributed by atoms with van der Waals surface area (Å²) in [5, 5.41) is 17.3. The number of benzene rings is 1. The number of nitriles is 1. The quantitative estimate of drug-likeness (QED) is 0.156. The van der Waals surface area contributed by atoms with E-state index in [4.69, 9.17) is 11.6 Å². The highest BCUT2D eigenvalue weighted by molar-refractivity contribution is 6.36. The number of hydrazine groups is 2. The Bertz CT molecular complexity index is 1670. The summed E-state index contributed by atoms with van der Waals surface area (Å²) in [6, 6.07) is 6.93. The number of nitrogens with one attached hydrogen (secondary N) is 4. The van der Waals surface area contributed by atoms with Crippen molar-refractivity contribution < 1.29 is 22.0 Å². The van der Waals surface area contributed by atoms with Crippen LogP contribution in [0.15, 0.2) is 67.0 Å². The lowest BCUT2D eigenvalue weighted by atomic mass is 10.0. The first-order valence-corrected chi connectivity index (χ1v) is 12.3. The van der Waals surface area contributed by atoms with E-state index in [0.717, 1.165) is 24.2 Å². The molecule has 0 unspecified atom stereocenters. The van der Waals surface area contributed by atoms with Crippen LogP contribution in [0.3, 0.4) is 0 Å². The fourth-order valence-corrected chi connectivity index (χ4v) is 4.37. The maximum Gasteiger partial charge on any atom is 0.410 e. The number of anilines is 3. The molecule has 4 aromatic rings. The Labute approximate surface area is 234 Å². The van der Waals surface area contributed by atoms with Gasteiger partial charge in [0.05, 0.1) is 45.4 Å². The molecule has 1 aliphatic rings. The van der Waals surface area contributed by atoms with Gasteiger partial charge in [-0.1, -0.05) is 17.7 Å². The number of halogens is 6. The van der Waals surface area contributed by atoms with Crippen LogP contribution >= 0.6 is 11.6 Å². The van der Waals surface area contributed by atoms with Gasteiger partial charge in [0, 0.05) is 41.9 Å². The van der Waals surface area contributed by atoms with E-state index in [0.29, 0.717) is 27.9 Å². The molecule has 0 amide bonds. The van der Waals surface area contributed by atoms with Crippen LogP contribution in [0, 0.1) is 23.1 Å². The third-order valence-corrected chi connectivity index (χ3v) is 6.54. The first kappa shape index (κ1) is 27.8. The largest absolute Gasteiger partial charge is 0.410 e. The van der Waals surface area contributed by atoms with Crippen molar-refractivity contribution in [3.8, 4) is 6.07 Å². The highest BCUT2D eigenvalue weighted by Gasteiger charge is 2.41. The predicted octanol–water partition coefficient (Wildman–Crippen LogP) is 5.84. The van der Waals surface area contributed by atoms with Gasteiger partial charge in [0.25, 0.3) is 0 Å². The Kier molecular flexibility index (Phi) is 7.48. The zero-order valence-electron chi connectivity index (χ0n) is 20.9. The second-order valence-corrected chi connectivity index (χ2v) is 9.35. The van der Waals surface area contributed by atoms with Gasteiger partial charge < -0.3 is 16.1 Å². The molecule has 9 nitrogen and oxygen atoms in total. The van der Waals surface area contributed by atoms with E-state index in [2.05, 4.69) is 36.5 Å². The molecular weight excluding hydrogens is 569 g/mol. The van der Waals surface area contributed by atoms with Crippen molar-refractivity contribution in [2.24, 2.45) is 0 Å². The molecule has 15 heteroatoms. The Morgan fingerprint density at radius 3 is 2.59 bits per heavy atom. The van der Waals surface area contributed by atoms with Crippen LogP contribution in [-0.4, -0.2) is 32.2 Å². The average Bonchev–Trinajstić information content (AvgIpc) is 3.43. The summed E-state index contributed by atoms with van der Waals surface area (Å²) in [4.78, 5) is 11.7. The first-order valence-electron chi connectivity index (χ1n) is 11.9. The summed E-state index contributed by atoms with van der Waals surface area (Å²) in [5.74, 6) is -2.47. The molecule has 4 N–H and O–H groups in total. The fraction of sp³-hybridized carbons (Fsp3) is 0.154. The van der Waals surface area contributed by atoms with E-state index < -0.39 is 30.0 Å². The molecule has 0 radical (unpaired) electrons. The first-order chi connectivity index (χ1) is 19.5. The van der Waals surface area contributed by atoms with Crippen molar-refractivity contribution in [2.75, 3.05) is 10.6 Å². The van der Waals surface area contributed by atoms with Crippen LogP contribution in [0.4, 0.5) is 39.0 Å². The molecule has 1 aliphatic heterocycles. The minimum atomic E-state index is -4.48. The van der Waals surface area contributed by atoms with Crippen molar-refractivity contribution in [1.29, 1.82) is 5.26 Å². The molecule has 4 heterocycles. The SMILES string of the molecule is C[C@@H](N1C=C([C@@H](Nc2cc(Cl)c3ncc(C#N)c(Nc4cnc(F)c(F)c4)c3c2)c2cccnc2)NN1)C(F)(F)F. The number of fused-ring (bicyclic) bond motifs is 1. The smallest absolute Gasteiger partial charge is 0.373 e. The Hall–Kier alpha value is -4.74. The molecular formula is C26H19ClF5N9. The second kappa shape index (κ2) is 11.0. The Morgan fingerprint density at radius 2 is 1.90 bits per heavy atom. The molecule has 1 aromatic carbocycles. The molecule has 0 saturated heterocycles. The van der Waals surface area contributed by atoms with Crippen LogP contribution in [0.25, 0.3) is 10.9 Å². The van der Waals surface area contributed by atoms with E-state index in [-0.39, 0.29) is 22.0 Å². The summed E-state index contributed by atoms with van der Waals surface area (Å²) >= 11 is 6.56. The third kappa shape index (κ3) is 5.76. The minimum absolute atomic E-state index is 0.0703. The van der Waals surface area contributed by atoms with Gasteiger partial charge in [0.1, 0.15) is 12.1 Å². The number of hydrogen-bond acceptors (Lipinski definition) is 9. The molecule has 0 bridgehead atoms. The Morgan fingerprint density at radius 1 is 1.10 bits per heavy atom. The molecule has 3 aromatic heterocycles. The van der Waals surface area contributed by atoms with Gasteiger partial charge in [-0.2, -0.15) is 22.8 Å². The lowest BCUT2D eigenvalue weighted by Gasteiger charge is -2.25. The van der Waals surface area contributed by atoms with Crippen LogP contribution in [0.1, 0.15) is 24.1 Å². The van der Waals surface area contributed by atoms with Crippen LogP contribution in [-0.2, 0) is 0 Å². The molecule has 0 spiro atoms. The topological polar surface area (TPSA) is 114 Å². The number of alkyl halides is 3. The van der Waals surface area contributed by atoms with Gasteiger partial charge in [0.15, 0.2) is 5.82 Å². The minimum Gasteiger partial charge on any atom is -0.373 e. The van der Waals surface area contributed by atoms with E-state index >= 15 is 0 Å². The second-order valence-electron chi connectivity index (χ2n) is 8.94. The van der Waals surface area contributed by atoms with E-state index in [1.807, 2.05) is 6.07 Å². The van der Waals surface area contributed by atoms with Gasteiger partial charge in [-0.15, -0.1) is 5.53 Å². The molecule has 5 rings (SSSR count). The van der Waals surface area contributed by atoms with Crippen LogP contribution in [0.5, 0.6) is 0 Å². The predicted molar refractivity (Wildman–Crippen MR) is 141 cm³/mol. The summed E-state index contributed by atoms with van der Waals surface area (Å²) in [7, 11) is 0. The van der Waals surface area contributed by atoms with Gasteiger partial charge >= 0.3 is 6.18 Å². The monoisotopic (exact) mass is 587 g/mol. The standard InChI is InChI=1S/C26H19ClF5N9/c1-13(26(30,31)32)41-12-21(39-40-41)23(14-3-2-4-34-9-14)37-16-5-18-22(38-17-7-20(28)25(29)36-11-17)15(8-33)10-35-24(18)19(27)6-16/h2-7,9-13,23,37,39-40H,1H3,(H,35,38)/t13-,23+/m1/s1. The van der Waals surface area contributed by atoms with Gasteiger partial charge in [0.2, 0.25) is 5.95 Å². The number of aromatic nitrogens is 3. The van der Waals surface area contributed by atoms with Gasteiger partial charge in [-0.3, -0.25) is 15.0 Å². The summed E-state index contributed by atoms with van der Waals surface area (Å²) in [6.07, 6.45) is 2.26. The number of nitrogens with zero attached hydrogens (tertiary/aromatic N) is 5. The number of rotatable bonds is 7. The van der Waals surface area contributed by atoms with Crippen molar-refractivity contribution in [1.82, 2.24) is 30.9 Å². The summed E-state index contributed by atoms with van der Waals surface area (Å²) < 4.78 is 67.2. The van der Waals surface area contributed by atoms with E-state index in [9.17, 15) is 27.2 Å². The van der Waals surface area contributed by atoms with Crippen LogP contribution < -0.4 is 21.6 Å². The summed E-state index contributed by atoms with van der Waals surface area (Å²) in [6.45, 7) is 1.01. The molecule has 41 heavy (non-hydrogen) atoms. The normalized spacial score (nSPS) is 14.7. The molecule has 0 aliphatic carbocycles. The molecule has 0 fully saturated rings. The average molecular weight is 588 g/mol. The fourth-order valence-electron chi connectivity index (χ4n) is 4.11. The zero-order valence-corrected chi connectivity index (χ0v) is 21.7. The maximum absolute atomic E-state index is 13.8. The van der Waals surface area contributed by atoms with Crippen molar-refractivity contribution in [2.45, 2.75) is 25.2 Å². The highest BCUT2D eigenvalue weighted by atomic mass is 35.5.